The molecule has 0 aliphatic heterocycles. The summed E-state index contributed by atoms with van der Waals surface area (Å²) in [6.07, 6.45) is 4.61. The van der Waals surface area contributed by atoms with E-state index in [1.54, 1.807) is 30.5 Å². The number of nitrogen functional groups attached to an aromatic ring is 1. The highest BCUT2D eigenvalue weighted by molar-refractivity contribution is 6.30. The summed E-state index contributed by atoms with van der Waals surface area (Å²) in [5, 5.41) is 13.4. The third-order valence-electron chi connectivity index (χ3n) is 4.03. The first-order valence-corrected chi connectivity index (χ1v) is 7.97. The SMILES string of the molecule is Nc1ncc(Oc2ccc(Cl)cc2)c(N[C@@H]2CCC[C@@H]2CO)n1. The Labute approximate surface area is 139 Å². The number of aliphatic hydroxyl groups is 1. The van der Waals surface area contributed by atoms with Crippen LogP contribution in [0.2, 0.25) is 5.02 Å². The summed E-state index contributed by atoms with van der Waals surface area (Å²) < 4.78 is 5.83. The molecule has 1 aromatic heterocycles. The van der Waals surface area contributed by atoms with E-state index >= 15 is 0 Å². The minimum Gasteiger partial charge on any atom is -0.452 e. The highest BCUT2D eigenvalue weighted by Gasteiger charge is 2.27. The Morgan fingerprint density at radius 1 is 1.30 bits per heavy atom. The molecule has 2 aromatic rings. The number of halogens is 1. The largest absolute Gasteiger partial charge is 0.452 e. The Kier molecular flexibility index (Phi) is 4.83. The molecule has 1 fully saturated rings. The Morgan fingerprint density at radius 2 is 2.09 bits per heavy atom. The van der Waals surface area contributed by atoms with Gasteiger partial charge in [-0.1, -0.05) is 18.0 Å². The standard InChI is InChI=1S/C16H19ClN4O2/c17-11-4-6-12(7-5-11)23-14-8-19-16(18)21-15(14)20-13-3-1-2-10(13)9-22/h4-8,10,13,22H,1-3,9H2,(H3,18,19,20,21)/t10-,13-/m1/s1. The molecule has 3 rings (SSSR count). The molecule has 0 bridgehead atoms. The maximum Gasteiger partial charge on any atom is 0.222 e. The van der Waals surface area contributed by atoms with E-state index < -0.39 is 0 Å². The smallest absolute Gasteiger partial charge is 0.222 e. The third kappa shape index (κ3) is 3.83. The molecular weight excluding hydrogens is 316 g/mol. The molecule has 0 amide bonds. The molecule has 0 saturated heterocycles. The number of nitrogens with two attached hydrogens (primary N) is 1. The van der Waals surface area contributed by atoms with Gasteiger partial charge in [0.05, 0.1) is 6.20 Å². The van der Waals surface area contributed by atoms with Gasteiger partial charge in [0.2, 0.25) is 5.95 Å². The Bertz CT molecular complexity index is 666. The molecule has 122 valence electrons. The van der Waals surface area contributed by atoms with Crippen molar-refractivity contribution < 1.29 is 9.84 Å². The van der Waals surface area contributed by atoms with E-state index in [2.05, 4.69) is 15.3 Å². The van der Waals surface area contributed by atoms with E-state index in [0.29, 0.717) is 22.3 Å². The van der Waals surface area contributed by atoms with E-state index in [1.807, 2.05) is 0 Å². The average Bonchev–Trinajstić information content (AvgIpc) is 2.99. The first-order valence-electron chi connectivity index (χ1n) is 7.59. The number of aliphatic hydroxyl groups excluding tert-OH is 1. The normalized spacial score (nSPS) is 20.4. The van der Waals surface area contributed by atoms with Crippen molar-refractivity contribution in [2.75, 3.05) is 17.7 Å². The number of ether oxygens (including phenoxy) is 1. The van der Waals surface area contributed by atoms with Crippen LogP contribution in [0.5, 0.6) is 11.5 Å². The van der Waals surface area contributed by atoms with Gasteiger partial charge in [-0.15, -0.1) is 0 Å². The summed E-state index contributed by atoms with van der Waals surface area (Å²) in [6.45, 7) is 0.158. The molecule has 0 spiro atoms. The van der Waals surface area contributed by atoms with Crippen LogP contribution < -0.4 is 15.8 Å². The summed E-state index contributed by atoms with van der Waals surface area (Å²) >= 11 is 5.88. The molecule has 7 heteroatoms. The topological polar surface area (TPSA) is 93.3 Å². The quantitative estimate of drug-likeness (QED) is 0.778. The fourth-order valence-corrected chi connectivity index (χ4v) is 2.94. The number of rotatable bonds is 5. The first-order chi connectivity index (χ1) is 11.2. The van der Waals surface area contributed by atoms with Gasteiger partial charge in [-0.3, -0.25) is 0 Å². The predicted octanol–water partition coefficient (Wildman–Crippen LogP) is 3.08. The van der Waals surface area contributed by atoms with E-state index in [4.69, 9.17) is 22.1 Å². The molecule has 6 nitrogen and oxygen atoms in total. The highest BCUT2D eigenvalue weighted by atomic mass is 35.5. The van der Waals surface area contributed by atoms with Crippen LogP contribution in [0, 0.1) is 5.92 Å². The number of hydrogen-bond donors (Lipinski definition) is 3. The van der Waals surface area contributed by atoms with E-state index in [1.165, 1.54) is 0 Å². The van der Waals surface area contributed by atoms with Crippen molar-refractivity contribution in [3.8, 4) is 11.5 Å². The number of aromatic nitrogens is 2. The van der Waals surface area contributed by atoms with Crippen molar-refractivity contribution in [1.82, 2.24) is 9.97 Å². The molecule has 4 N–H and O–H groups in total. The lowest BCUT2D eigenvalue weighted by molar-refractivity contribution is 0.222. The lowest BCUT2D eigenvalue weighted by Gasteiger charge is -2.21. The number of hydrogen-bond acceptors (Lipinski definition) is 6. The summed E-state index contributed by atoms with van der Waals surface area (Å²) in [5.74, 6) is 2.06. The number of benzene rings is 1. The van der Waals surface area contributed by atoms with Gasteiger partial charge in [0.15, 0.2) is 11.6 Å². The Balaban J connectivity index is 1.81. The zero-order chi connectivity index (χ0) is 16.2. The van der Waals surface area contributed by atoms with Crippen molar-refractivity contribution in [3.05, 3.63) is 35.5 Å². The van der Waals surface area contributed by atoms with Gasteiger partial charge in [-0.25, -0.2) is 4.98 Å². The van der Waals surface area contributed by atoms with Crippen molar-refractivity contribution in [1.29, 1.82) is 0 Å². The van der Waals surface area contributed by atoms with Crippen LogP contribution in [-0.2, 0) is 0 Å². The van der Waals surface area contributed by atoms with Gasteiger partial charge < -0.3 is 20.9 Å². The maximum absolute atomic E-state index is 9.46. The summed E-state index contributed by atoms with van der Waals surface area (Å²) in [6, 6.07) is 7.20. The molecule has 1 saturated carbocycles. The molecule has 2 atom stereocenters. The molecule has 1 aliphatic rings. The summed E-state index contributed by atoms with van der Waals surface area (Å²) in [5.41, 5.74) is 5.70. The van der Waals surface area contributed by atoms with Crippen molar-refractivity contribution >= 4 is 23.4 Å². The minimum absolute atomic E-state index is 0.155. The lowest BCUT2D eigenvalue weighted by atomic mass is 10.1. The maximum atomic E-state index is 9.46. The Hall–Kier alpha value is -2.05. The summed E-state index contributed by atoms with van der Waals surface area (Å²) in [7, 11) is 0. The lowest BCUT2D eigenvalue weighted by Crippen LogP contribution is -2.27. The van der Waals surface area contributed by atoms with Crippen molar-refractivity contribution in [2.24, 2.45) is 5.92 Å². The fourth-order valence-electron chi connectivity index (χ4n) is 2.81. The molecule has 0 radical (unpaired) electrons. The molecule has 1 heterocycles. The van der Waals surface area contributed by atoms with Gasteiger partial charge in [0, 0.05) is 23.6 Å². The van der Waals surface area contributed by atoms with Crippen LogP contribution in [0.15, 0.2) is 30.5 Å². The van der Waals surface area contributed by atoms with Crippen LogP contribution >= 0.6 is 11.6 Å². The molecule has 23 heavy (non-hydrogen) atoms. The first kappa shape index (κ1) is 15.8. The van der Waals surface area contributed by atoms with Crippen LogP contribution in [0.4, 0.5) is 11.8 Å². The number of nitrogens with one attached hydrogen (secondary N) is 1. The second-order valence-electron chi connectivity index (χ2n) is 5.62. The average molecular weight is 335 g/mol. The van der Waals surface area contributed by atoms with Crippen molar-refractivity contribution in [2.45, 2.75) is 25.3 Å². The van der Waals surface area contributed by atoms with Crippen molar-refractivity contribution in [3.63, 3.8) is 0 Å². The fraction of sp³-hybridized carbons (Fsp3) is 0.375. The van der Waals surface area contributed by atoms with Gasteiger partial charge in [0.1, 0.15) is 5.75 Å². The second kappa shape index (κ2) is 7.02. The molecular formula is C16H19ClN4O2. The molecule has 1 aromatic carbocycles. The van der Waals surface area contributed by atoms with Crippen LogP contribution in [0.1, 0.15) is 19.3 Å². The minimum atomic E-state index is 0.155. The van der Waals surface area contributed by atoms with Crippen LogP contribution in [0.3, 0.4) is 0 Å². The number of nitrogens with zero attached hydrogens (tertiary/aromatic N) is 2. The zero-order valence-corrected chi connectivity index (χ0v) is 13.3. The molecule has 0 unspecified atom stereocenters. The van der Waals surface area contributed by atoms with Gasteiger partial charge >= 0.3 is 0 Å². The highest BCUT2D eigenvalue weighted by Crippen LogP contribution is 2.33. The predicted molar refractivity (Wildman–Crippen MR) is 89.8 cm³/mol. The second-order valence-corrected chi connectivity index (χ2v) is 6.06. The van der Waals surface area contributed by atoms with E-state index in [0.717, 1.165) is 19.3 Å². The van der Waals surface area contributed by atoms with Crippen LogP contribution in [-0.4, -0.2) is 27.7 Å². The third-order valence-corrected chi connectivity index (χ3v) is 4.28. The molecule has 1 aliphatic carbocycles. The monoisotopic (exact) mass is 334 g/mol. The van der Waals surface area contributed by atoms with E-state index in [-0.39, 0.29) is 24.5 Å². The zero-order valence-electron chi connectivity index (χ0n) is 12.6. The Morgan fingerprint density at radius 3 is 2.83 bits per heavy atom. The number of anilines is 2. The van der Waals surface area contributed by atoms with Gasteiger partial charge in [-0.05, 0) is 37.1 Å². The van der Waals surface area contributed by atoms with Gasteiger partial charge in [0.25, 0.3) is 0 Å². The van der Waals surface area contributed by atoms with Gasteiger partial charge in [-0.2, -0.15) is 4.98 Å². The van der Waals surface area contributed by atoms with Crippen LogP contribution in [0.25, 0.3) is 0 Å². The van der Waals surface area contributed by atoms with E-state index in [9.17, 15) is 5.11 Å². The summed E-state index contributed by atoms with van der Waals surface area (Å²) in [4.78, 5) is 8.24.